The molecule has 0 amide bonds. The summed E-state index contributed by atoms with van der Waals surface area (Å²) in [6.45, 7) is 9.09. The molecule has 0 unspecified atom stereocenters. The number of benzene rings is 1. The van der Waals surface area contributed by atoms with Gasteiger partial charge >= 0.3 is 0 Å². The smallest absolute Gasteiger partial charge is 0.119 e. The van der Waals surface area contributed by atoms with Crippen molar-refractivity contribution in [2.45, 2.75) is 44.0 Å². The molecule has 0 radical (unpaired) electrons. The maximum atomic E-state index is 5.47. The fraction of sp³-hybridized carbons (Fsp3) is 0.538. The first-order chi connectivity index (χ1) is 14.7. The summed E-state index contributed by atoms with van der Waals surface area (Å²) in [6, 6.07) is 6.50. The van der Waals surface area contributed by atoms with Crippen LogP contribution in [0, 0.1) is 18.3 Å². The van der Waals surface area contributed by atoms with Crippen LogP contribution in [0.5, 0.6) is 5.75 Å². The summed E-state index contributed by atoms with van der Waals surface area (Å²) in [5.41, 5.74) is 2.71. The number of hydrogen-bond donors (Lipinski definition) is 0. The summed E-state index contributed by atoms with van der Waals surface area (Å²) in [6.07, 6.45) is 16.6. The standard InChI is InChI=1S/C26H36N2OS/c1-4-7-22(8-5-2)19-23-11-15-27(16-12-23)13-6-14-28-17-18-30-26-10-9-25(29-3)20-24(26)21-28/h1,5,7-10,20,23H,6,11-19,21H2,2-3H3/b8-5-,22-7+. The Hall–Kier alpha value is -1.67. The Labute approximate surface area is 187 Å². The lowest BCUT2D eigenvalue weighted by Gasteiger charge is -2.32. The van der Waals surface area contributed by atoms with Crippen LogP contribution in [0.3, 0.4) is 0 Å². The molecule has 1 fully saturated rings. The highest BCUT2D eigenvalue weighted by Crippen LogP contribution is 2.30. The van der Waals surface area contributed by atoms with E-state index in [1.807, 2.05) is 17.8 Å². The SMILES string of the molecule is C#C/C=C(\C=C/C)CC1CCN(CCCN2CCSc3ccc(OC)cc3C2)CC1. The summed E-state index contributed by atoms with van der Waals surface area (Å²) < 4.78 is 5.43. The third-order valence-corrected chi connectivity index (χ3v) is 7.25. The second kappa shape index (κ2) is 12.2. The topological polar surface area (TPSA) is 15.7 Å². The van der Waals surface area contributed by atoms with Crippen molar-refractivity contribution in [2.24, 2.45) is 5.92 Å². The molecule has 0 saturated carbocycles. The van der Waals surface area contributed by atoms with E-state index >= 15 is 0 Å². The van der Waals surface area contributed by atoms with E-state index in [0.29, 0.717) is 0 Å². The van der Waals surface area contributed by atoms with Gasteiger partial charge in [0.1, 0.15) is 5.75 Å². The van der Waals surface area contributed by atoms with Crippen LogP contribution in [0.1, 0.15) is 38.2 Å². The lowest BCUT2D eigenvalue weighted by Crippen LogP contribution is -2.36. The Bertz CT molecular complexity index is 772. The van der Waals surface area contributed by atoms with Crippen LogP contribution >= 0.6 is 11.8 Å². The Kier molecular flexibility index (Phi) is 9.39. The molecule has 1 aromatic rings. The molecule has 3 rings (SSSR count). The van der Waals surface area contributed by atoms with Crippen molar-refractivity contribution < 1.29 is 4.74 Å². The summed E-state index contributed by atoms with van der Waals surface area (Å²) >= 11 is 1.98. The van der Waals surface area contributed by atoms with Crippen LogP contribution in [0.4, 0.5) is 0 Å². The molecule has 162 valence electrons. The van der Waals surface area contributed by atoms with Crippen molar-refractivity contribution >= 4 is 11.8 Å². The second-order valence-corrected chi connectivity index (χ2v) is 9.46. The summed E-state index contributed by atoms with van der Waals surface area (Å²) in [7, 11) is 1.75. The average molecular weight is 425 g/mol. The van der Waals surface area contributed by atoms with E-state index in [0.717, 1.165) is 24.6 Å². The van der Waals surface area contributed by atoms with Gasteiger partial charge in [0, 0.05) is 23.7 Å². The molecule has 2 aliphatic heterocycles. The number of piperidine rings is 1. The second-order valence-electron chi connectivity index (χ2n) is 8.33. The first kappa shape index (κ1) is 23.0. The molecular weight excluding hydrogens is 388 g/mol. The predicted octanol–water partition coefficient (Wildman–Crippen LogP) is 5.23. The Balaban J connectivity index is 1.40. The number of likely N-dealkylation sites (tertiary alicyclic amines) is 1. The van der Waals surface area contributed by atoms with Gasteiger partial charge in [-0.3, -0.25) is 4.90 Å². The van der Waals surface area contributed by atoms with Crippen molar-refractivity contribution in [1.82, 2.24) is 9.80 Å². The van der Waals surface area contributed by atoms with Crippen molar-refractivity contribution in [3.8, 4) is 18.1 Å². The third kappa shape index (κ3) is 6.94. The largest absolute Gasteiger partial charge is 0.497 e. The average Bonchev–Trinajstić information content (AvgIpc) is 2.96. The normalized spacial score (nSPS) is 19.4. The minimum absolute atomic E-state index is 0.770. The predicted molar refractivity (Wildman–Crippen MR) is 129 cm³/mol. The van der Waals surface area contributed by atoms with E-state index in [2.05, 4.69) is 53.0 Å². The van der Waals surface area contributed by atoms with Gasteiger partial charge in [-0.25, -0.2) is 0 Å². The van der Waals surface area contributed by atoms with Crippen molar-refractivity contribution in [3.05, 3.63) is 47.6 Å². The number of rotatable bonds is 8. The molecule has 2 heterocycles. The van der Waals surface area contributed by atoms with Gasteiger partial charge in [-0.2, -0.15) is 0 Å². The zero-order valence-corrected chi connectivity index (χ0v) is 19.4. The van der Waals surface area contributed by atoms with Crippen LogP contribution in [-0.2, 0) is 6.54 Å². The van der Waals surface area contributed by atoms with Gasteiger partial charge in [0.25, 0.3) is 0 Å². The first-order valence-corrected chi connectivity index (χ1v) is 12.2. The summed E-state index contributed by atoms with van der Waals surface area (Å²) in [5, 5.41) is 0. The number of terminal acetylenes is 1. The molecule has 1 saturated heterocycles. The number of hydrogen-bond acceptors (Lipinski definition) is 4. The number of thioether (sulfide) groups is 1. The van der Waals surface area contributed by atoms with Crippen LogP contribution in [0.15, 0.2) is 46.9 Å². The molecule has 1 aromatic carbocycles. The third-order valence-electron chi connectivity index (χ3n) is 6.16. The number of ether oxygens (including phenoxy) is 1. The van der Waals surface area contributed by atoms with Gasteiger partial charge in [-0.15, -0.1) is 18.2 Å². The van der Waals surface area contributed by atoms with E-state index in [9.17, 15) is 0 Å². The maximum absolute atomic E-state index is 5.47. The van der Waals surface area contributed by atoms with Crippen LogP contribution in [0.2, 0.25) is 0 Å². The van der Waals surface area contributed by atoms with Crippen LogP contribution < -0.4 is 4.74 Å². The van der Waals surface area contributed by atoms with Gasteiger partial charge in [-0.1, -0.05) is 18.1 Å². The minimum atomic E-state index is 0.770. The molecule has 0 spiro atoms. The highest BCUT2D eigenvalue weighted by atomic mass is 32.2. The highest BCUT2D eigenvalue weighted by Gasteiger charge is 2.20. The Morgan fingerprint density at radius 3 is 2.77 bits per heavy atom. The molecule has 4 heteroatoms. The van der Waals surface area contributed by atoms with E-state index in [-0.39, 0.29) is 0 Å². The molecule has 0 bridgehead atoms. The van der Waals surface area contributed by atoms with Crippen molar-refractivity contribution in [3.63, 3.8) is 0 Å². The zero-order chi connectivity index (χ0) is 21.2. The Morgan fingerprint density at radius 2 is 2.03 bits per heavy atom. The lowest BCUT2D eigenvalue weighted by molar-refractivity contribution is 0.171. The monoisotopic (exact) mass is 424 g/mol. The Morgan fingerprint density at radius 1 is 1.23 bits per heavy atom. The van der Waals surface area contributed by atoms with E-state index in [1.165, 1.54) is 73.8 Å². The molecule has 2 aliphatic rings. The molecule has 0 aromatic heterocycles. The first-order valence-electron chi connectivity index (χ1n) is 11.2. The highest BCUT2D eigenvalue weighted by molar-refractivity contribution is 7.99. The van der Waals surface area contributed by atoms with Crippen molar-refractivity contribution in [2.75, 3.05) is 45.6 Å². The summed E-state index contributed by atoms with van der Waals surface area (Å²) in [4.78, 5) is 6.68. The van der Waals surface area contributed by atoms with Gasteiger partial charge < -0.3 is 9.64 Å². The molecule has 3 nitrogen and oxygen atoms in total. The zero-order valence-electron chi connectivity index (χ0n) is 18.6. The van der Waals surface area contributed by atoms with Gasteiger partial charge in [0.05, 0.1) is 7.11 Å². The molecule has 0 N–H and O–H groups in total. The lowest BCUT2D eigenvalue weighted by atomic mass is 9.89. The van der Waals surface area contributed by atoms with E-state index in [4.69, 9.17) is 11.2 Å². The summed E-state index contributed by atoms with van der Waals surface area (Å²) in [5.74, 6) is 5.60. The minimum Gasteiger partial charge on any atom is -0.497 e. The van der Waals surface area contributed by atoms with E-state index in [1.54, 1.807) is 7.11 Å². The van der Waals surface area contributed by atoms with Gasteiger partial charge in [0.2, 0.25) is 0 Å². The molecule has 0 atom stereocenters. The number of nitrogens with zero attached hydrogens (tertiary/aromatic N) is 2. The van der Waals surface area contributed by atoms with Crippen molar-refractivity contribution in [1.29, 1.82) is 0 Å². The number of allylic oxidation sites excluding steroid dienone is 4. The van der Waals surface area contributed by atoms with E-state index < -0.39 is 0 Å². The van der Waals surface area contributed by atoms with Gasteiger partial charge in [-0.05, 0) is 100 Å². The fourth-order valence-electron chi connectivity index (χ4n) is 4.50. The quantitative estimate of drug-likeness (QED) is 0.419. The maximum Gasteiger partial charge on any atom is 0.119 e. The van der Waals surface area contributed by atoms with Gasteiger partial charge in [0.15, 0.2) is 0 Å². The molecule has 30 heavy (non-hydrogen) atoms. The van der Waals surface area contributed by atoms with Crippen LogP contribution in [-0.4, -0.2) is 55.4 Å². The van der Waals surface area contributed by atoms with Crippen LogP contribution in [0.25, 0.3) is 0 Å². The molecular formula is C26H36N2OS. The fourth-order valence-corrected chi connectivity index (χ4v) is 5.55. The number of fused-ring (bicyclic) bond motifs is 1. The molecule has 0 aliphatic carbocycles. The number of methoxy groups -OCH3 is 1.